The zero-order valence-corrected chi connectivity index (χ0v) is 12.8. The number of fused-ring (bicyclic) bond motifs is 1. The number of hydrogen-bond donors (Lipinski definition) is 1. The van der Waals surface area contributed by atoms with E-state index in [0.717, 1.165) is 23.0 Å². The van der Waals surface area contributed by atoms with Crippen LogP contribution in [0.1, 0.15) is 12.5 Å². The molecule has 0 unspecified atom stereocenters. The fourth-order valence-corrected chi connectivity index (χ4v) is 2.15. The highest BCUT2D eigenvalue weighted by atomic mass is 16.2. The molecule has 0 bridgehead atoms. The first-order valence-electron chi connectivity index (χ1n) is 7.08. The third-order valence-electron chi connectivity index (χ3n) is 3.54. The zero-order chi connectivity index (χ0) is 15.4. The molecule has 0 spiro atoms. The van der Waals surface area contributed by atoms with Crippen LogP contribution in [-0.2, 0) is 11.3 Å². The maximum Gasteiger partial charge on any atom is 0.236 e. The van der Waals surface area contributed by atoms with Crippen molar-refractivity contribution in [2.75, 3.05) is 32.9 Å². The van der Waals surface area contributed by atoms with Crippen LogP contribution >= 0.6 is 0 Å². The number of carbonyl (C=O) groups is 1. The van der Waals surface area contributed by atoms with E-state index in [0.29, 0.717) is 18.9 Å². The number of amides is 1. The minimum absolute atomic E-state index is 0.0872. The molecule has 0 atom stereocenters. The summed E-state index contributed by atoms with van der Waals surface area (Å²) >= 11 is 0. The lowest BCUT2D eigenvalue weighted by molar-refractivity contribution is -0.130. The summed E-state index contributed by atoms with van der Waals surface area (Å²) in [6.45, 7) is 3.83. The lowest BCUT2D eigenvalue weighted by Crippen LogP contribution is -2.36. The van der Waals surface area contributed by atoms with E-state index in [1.165, 1.54) is 0 Å². The minimum Gasteiger partial charge on any atom is -0.383 e. The van der Waals surface area contributed by atoms with Crippen molar-refractivity contribution in [3.05, 3.63) is 35.9 Å². The molecule has 1 amide bonds. The van der Waals surface area contributed by atoms with Crippen LogP contribution in [-0.4, -0.2) is 47.9 Å². The quantitative estimate of drug-likeness (QED) is 0.909. The molecule has 2 N–H and O–H groups in total. The summed E-state index contributed by atoms with van der Waals surface area (Å²) in [6, 6.07) is 9.95. The SMILES string of the molecule is CCN(CC(=O)N(C)C)Cc1cc2ccccc2nc1N. The van der Waals surface area contributed by atoms with Crippen LogP contribution in [0.3, 0.4) is 0 Å². The first-order valence-corrected chi connectivity index (χ1v) is 7.08. The molecule has 1 aromatic carbocycles. The number of benzene rings is 1. The molecular weight excluding hydrogens is 264 g/mol. The molecule has 2 rings (SSSR count). The van der Waals surface area contributed by atoms with Gasteiger partial charge in [-0.25, -0.2) is 4.98 Å². The number of para-hydroxylation sites is 1. The highest BCUT2D eigenvalue weighted by Gasteiger charge is 2.13. The molecule has 0 aliphatic rings. The number of aromatic nitrogens is 1. The number of carbonyl (C=O) groups excluding carboxylic acids is 1. The Morgan fingerprint density at radius 2 is 2.00 bits per heavy atom. The van der Waals surface area contributed by atoms with Crippen LogP contribution in [0.4, 0.5) is 5.82 Å². The van der Waals surface area contributed by atoms with Gasteiger partial charge >= 0.3 is 0 Å². The molecule has 0 aliphatic heterocycles. The van der Waals surface area contributed by atoms with Gasteiger partial charge in [-0.05, 0) is 18.7 Å². The molecule has 5 nitrogen and oxygen atoms in total. The number of nitrogens with zero attached hydrogens (tertiary/aromatic N) is 3. The second kappa shape index (κ2) is 6.54. The van der Waals surface area contributed by atoms with Gasteiger partial charge in [0.15, 0.2) is 0 Å². The zero-order valence-electron chi connectivity index (χ0n) is 12.8. The van der Waals surface area contributed by atoms with Gasteiger partial charge in [-0.1, -0.05) is 25.1 Å². The molecule has 112 valence electrons. The molecule has 0 aliphatic carbocycles. The molecule has 1 aromatic heterocycles. The summed E-state index contributed by atoms with van der Waals surface area (Å²) in [5.74, 6) is 0.619. The number of hydrogen-bond acceptors (Lipinski definition) is 4. The molecule has 0 saturated heterocycles. The highest BCUT2D eigenvalue weighted by molar-refractivity contribution is 5.81. The Morgan fingerprint density at radius 3 is 2.67 bits per heavy atom. The highest BCUT2D eigenvalue weighted by Crippen LogP contribution is 2.19. The Balaban J connectivity index is 2.21. The average molecular weight is 286 g/mol. The predicted octanol–water partition coefficient (Wildman–Crippen LogP) is 1.73. The number of nitrogens with two attached hydrogens (primary N) is 1. The van der Waals surface area contributed by atoms with Crippen LogP contribution in [0.25, 0.3) is 10.9 Å². The molecule has 0 saturated carbocycles. The molecule has 0 fully saturated rings. The summed E-state index contributed by atoms with van der Waals surface area (Å²) in [5, 5.41) is 1.07. The van der Waals surface area contributed by atoms with E-state index in [1.54, 1.807) is 19.0 Å². The monoisotopic (exact) mass is 286 g/mol. The average Bonchev–Trinajstić information content (AvgIpc) is 2.46. The van der Waals surface area contributed by atoms with Crippen molar-refractivity contribution in [1.82, 2.24) is 14.8 Å². The standard InChI is InChI=1S/C16H22N4O/c1-4-20(11-15(21)19(2)3)10-13-9-12-7-5-6-8-14(12)18-16(13)17/h5-9H,4,10-11H2,1-3H3,(H2,17,18). The molecular formula is C16H22N4O. The van der Waals surface area contributed by atoms with E-state index < -0.39 is 0 Å². The number of nitrogen functional groups attached to an aromatic ring is 1. The van der Waals surface area contributed by atoms with Gasteiger partial charge in [0.05, 0.1) is 12.1 Å². The molecule has 5 heteroatoms. The first-order chi connectivity index (χ1) is 10.0. The van der Waals surface area contributed by atoms with Gasteiger partial charge in [0, 0.05) is 31.6 Å². The lowest BCUT2D eigenvalue weighted by Gasteiger charge is -2.22. The normalized spacial score (nSPS) is 11.0. The molecule has 0 radical (unpaired) electrons. The molecule has 2 aromatic rings. The Labute approximate surface area is 125 Å². The van der Waals surface area contributed by atoms with Crippen LogP contribution < -0.4 is 5.73 Å². The van der Waals surface area contributed by atoms with Crippen LogP contribution in [0, 0.1) is 0 Å². The Hall–Kier alpha value is -2.14. The topological polar surface area (TPSA) is 62.5 Å². The summed E-state index contributed by atoms with van der Waals surface area (Å²) < 4.78 is 0. The fraction of sp³-hybridized carbons (Fsp3) is 0.375. The maximum absolute atomic E-state index is 11.8. The number of rotatable bonds is 5. The van der Waals surface area contributed by atoms with Crippen molar-refractivity contribution in [1.29, 1.82) is 0 Å². The van der Waals surface area contributed by atoms with Crippen LogP contribution in [0.5, 0.6) is 0 Å². The Kier molecular flexibility index (Phi) is 4.75. The fourth-order valence-electron chi connectivity index (χ4n) is 2.15. The smallest absolute Gasteiger partial charge is 0.236 e. The second-order valence-corrected chi connectivity index (χ2v) is 5.32. The van der Waals surface area contributed by atoms with Gasteiger partial charge in [0.2, 0.25) is 5.91 Å². The van der Waals surface area contributed by atoms with Crippen molar-refractivity contribution >= 4 is 22.6 Å². The van der Waals surface area contributed by atoms with Crippen LogP contribution in [0.15, 0.2) is 30.3 Å². The van der Waals surface area contributed by atoms with Gasteiger partial charge in [0.25, 0.3) is 0 Å². The Morgan fingerprint density at radius 1 is 1.29 bits per heavy atom. The number of anilines is 1. The van der Waals surface area contributed by atoms with Crippen molar-refractivity contribution in [2.24, 2.45) is 0 Å². The molecule has 1 heterocycles. The largest absolute Gasteiger partial charge is 0.383 e. The minimum atomic E-state index is 0.0872. The Bertz CT molecular complexity index is 639. The van der Waals surface area contributed by atoms with E-state index in [-0.39, 0.29) is 5.91 Å². The van der Waals surface area contributed by atoms with E-state index in [9.17, 15) is 4.79 Å². The van der Waals surface area contributed by atoms with Gasteiger partial charge in [-0.2, -0.15) is 0 Å². The summed E-state index contributed by atoms with van der Waals surface area (Å²) in [7, 11) is 3.53. The van der Waals surface area contributed by atoms with Crippen LogP contribution in [0.2, 0.25) is 0 Å². The van der Waals surface area contributed by atoms with Crippen molar-refractivity contribution in [2.45, 2.75) is 13.5 Å². The maximum atomic E-state index is 11.8. The second-order valence-electron chi connectivity index (χ2n) is 5.32. The van der Waals surface area contributed by atoms with Gasteiger partial charge in [-0.15, -0.1) is 0 Å². The van der Waals surface area contributed by atoms with E-state index in [2.05, 4.69) is 16.0 Å². The third-order valence-corrected chi connectivity index (χ3v) is 3.54. The number of likely N-dealkylation sites (N-methyl/N-ethyl adjacent to an activating group) is 2. The summed E-state index contributed by atoms with van der Waals surface area (Å²) in [5.41, 5.74) is 7.90. The molecule has 21 heavy (non-hydrogen) atoms. The lowest BCUT2D eigenvalue weighted by atomic mass is 10.1. The van der Waals surface area contributed by atoms with Crippen molar-refractivity contribution in [3.63, 3.8) is 0 Å². The van der Waals surface area contributed by atoms with E-state index >= 15 is 0 Å². The van der Waals surface area contributed by atoms with E-state index in [1.807, 2.05) is 31.2 Å². The summed E-state index contributed by atoms with van der Waals surface area (Å²) in [4.78, 5) is 19.9. The predicted molar refractivity (Wildman–Crippen MR) is 85.8 cm³/mol. The van der Waals surface area contributed by atoms with Crippen molar-refractivity contribution < 1.29 is 4.79 Å². The number of pyridine rings is 1. The van der Waals surface area contributed by atoms with Gasteiger partial charge in [0.1, 0.15) is 5.82 Å². The third kappa shape index (κ3) is 3.70. The van der Waals surface area contributed by atoms with Gasteiger partial charge < -0.3 is 10.6 Å². The van der Waals surface area contributed by atoms with Gasteiger partial charge in [-0.3, -0.25) is 9.69 Å². The van der Waals surface area contributed by atoms with Crippen molar-refractivity contribution in [3.8, 4) is 0 Å². The van der Waals surface area contributed by atoms with E-state index in [4.69, 9.17) is 5.73 Å². The summed E-state index contributed by atoms with van der Waals surface area (Å²) in [6.07, 6.45) is 0. The first kappa shape index (κ1) is 15.3.